The maximum absolute atomic E-state index is 12.9. The summed E-state index contributed by atoms with van der Waals surface area (Å²) >= 11 is 0. The van der Waals surface area contributed by atoms with Crippen LogP contribution in [0.4, 0.5) is 21.7 Å². The number of carbonyl (C=O) groups excluding carboxylic acids is 1. The van der Waals surface area contributed by atoms with Gasteiger partial charge in [0.2, 0.25) is 0 Å². The largest absolute Gasteiger partial charge is 0.515 e. The van der Waals surface area contributed by atoms with E-state index in [0.29, 0.717) is 12.1 Å². The van der Waals surface area contributed by atoms with Crippen molar-refractivity contribution in [1.29, 1.82) is 0 Å². The lowest BCUT2D eigenvalue weighted by atomic mass is 9.78. The van der Waals surface area contributed by atoms with Crippen molar-refractivity contribution < 1.29 is 26.5 Å². The smallest absolute Gasteiger partial charge is 0.445 e. The summed E-state index contributed by atoms with van der Waals surface area (Å²) in [6.45, 7) is -5.79. The van der Waals surface area contributed by atoms with Crippen molar-refractivity contribution in [3.8, 4) is 0 Å². The van der Waals surface area contributed by atoms with Crippen LogP contribution in [0.5, 0.6) is 0 Å². The molecule has 0 radical (unpaired) electrons. The molecule has 0 saturated carbocycles. The standard InChI is InChI=1S/C7H3BF5O/c9-5-2-1-4(3-14)7(10)6(5)8(11,12)13/h1-3H/q-1. The van der Waals surface area contributed by atoms with Gasteiger partial charge < -0.3 is 12.9 Å². The fourth-order valence-electron chi connectivity index (χ4n) is 0.977. The molecule has 76 valence electrons. The van der Waals surface area contributed by atoms with Crippen molar-refractivity contribution in [2.75, 3.05) is 0 Å². The van der Waals surface area contributed by atoms with Gasteiger partial charge in [0, 0.05) is 5.56 Å². The van der Waals surface area contributed by atoms with E-state index in [1.54, 1.807) is 0 Å². The first-order chi connectivity index (χ1) is 6.38. The summed E-state index contributed by atoms with van der Waals surface area (Å²) in [7, 11) is 0. The normalized spacial score (nSPS) is 11.5. The monoisotopic (exact) mass is 209 g/mol. The molecule has 0 bridgehead atoms. The number of aldehydes is 1. The Balaban J connectivity index is 3.48. The Morgan fingerprint density at radius 3 is 2.14 bits per heavy atom. The van der Waals surface area contributed by atoms with Gasteiger partial charge in [0.15, 0.2) is 6.29 Å². The van der Waals surface area contributed by atoms with Gasteiger partial charge in [0.1, 0.15) is 5.82 Å². The minimum atomic E-state index is -5.79. The topological polar surface area (TPSA) is 17.1 Å². The number of rotatable bonds is 2. The van der Waals surface area contributed by atoms with Crippen LogP contribution in [0.2, 0.25) is 0 Å². The molecule has 0 unspecified atom stereocenters. The molecule has 0 spiro atoms. The predicted molar refractivity (Wildman–Crippen MR) is 40.5 cm³/mol. The second kappa shape index (κ2) is 3.40. The lowest BCUT2D eigenvalue weighted by Gasteiger charge is -2.17. The molecule has 1 aromatic carbocycles. The van der Waals surface area contributed by atoms with E-state index in [9.17, 15) is 26.5 Å². The maximum atomic E-state index is 12.9. The fourth-order valence-corrected chi connectivity index (χ4v) is 0.977. The van der Waals surface area contributed by atoms with Gasteiger partial charge in [-0.2, -0.15) is 0 Å². The first-order valence-corrected chi connectivity index (χ1v) is 3.51. The van der Waals surface area contributed by atoms with Gasteiger partial charge in [-0.15, -0.1) is 0 Å². The van der Waals surface area contributed by atoms with E-state index in [-0.39, 0.29) is 6.29 Å². The summed E-state index contributed by atoms with van der Waals surface area (Å²) in [4.78, 5) is 10.1. The third kappa shape index (κ3) is 1.76. The molecule has 0 amide bonds. The Labute approximate surface area is 75.6 Å². The summed E-state index contributed by atoms with van der Waals surface area (Å²) < 4.78 is 61.7. The van der Waals surface area contributed by atoms with Gasteiger partial charge in [-0.05, 0) is 17.6 Å². The summed E-state index contributed by atoms with van der Waals surface area (Å²) in [6, 6.07) is 1.07. The minimum Gasteiger partial charge on any atom is -0.445 e. The van der Waals surface area contributed by atoms with Gasteiger partial charge in [-0.3, -0.25) is 4.79 Å². The SMILES string of the molecule is O=Cc1ccc(F)c([B-](F)(F)F)c1F. The van der Waals surface area contributed by atoms with Crippen molar-refractivity contribution in [1.82, 2.24) is 0 Å². The van der Waals surface area contributed by atoms with Gasteiger partial charge in [-0.25, -0.2) is 8.78 Å². The molecule has 14 heavy (non-hydrogen) atoms. The first-order valence-electron chi connectivity index (χ1n) is 3.51. The Kier molecular flexibility index (Phi) is 2.59. The average molecular weight is 209 g/mol. The summed E-state index contributed by atoms with van der Waals surface area (Å²) in [5.74, 6) is -3.56. The highest BCUT2D eigenvalue weighted by Gasteiger charge is 2.33. The molecular formula is C7H3BF5O-. The summed E-state index contributed by atoms with van der Waals surface area (Å²) in [6.07, 6.45) is -0.0971. The maximum Gasteiger partial charge on any atom is 0.515 e. The first kappa shape index (κ1) is 10.7. The van der Waals surface area contributed by atoms with E-state index in [4.69, 9.17) is 0 Å². The quantitative estimate of drug-likeness (QED) is 0.412. The van der Waals surface area contributed by atoms with Crippen LogP contribution in [0.3, 0.4) is 0 Å². The number of hydrogen-bond donors (Lipinski definition) is 0. The minimum absolute atomic E-state index is 0.0971. The highest BCUT2D eigenvalue weighted by atomic mass is 19.4. The second-order valence-electron chi connectivity index (χ2n) is 2.56. The highest BCUT2D eigenvalue weighted by Crippen LogP contribution is 2.15. The number of halogens is 5. The van der Waals surface area contributed by atoms with E-state index in [1.165, 1.54) is 0 Å². The fraction of sp³-hybridized carbons (Fsp3) is 0. The molecule has 0 aromatic heterocycles. The van der Waals surface area contributed by atoms with Gasteiger partial charge >= 0.3 is 6.98 Å². The molecule has 0 N–H and O–H groups in total. The van der Waals surface area contributed by atoms with Gasteiger partial charge in [0.25, 0.3) is 0 Å². The van der Waals surface area contributed by atoms with Crippen LogP contribution in [0, 0.1) is 11.6 Å². The van der Waals surface area contributed by atoms with E-state index >= 15 is 0 Å². The third-order valence-electron chi connectivity index (χ3n) is 1.61. The van der Waals surface area contributed by atoms with Crippen LogP contribution < -0.4 is 5.46 Å². The van der Waals surface area contributed by atoms with Crippen LogP contribution in [-0.4, -0.2) is 13.3 Å². The van der Waals surface area contributed by atoms with Crippen molar-refractivity contribution in [3.05, 3.63) is 29.3 Å². The summed E-state index contributed by atoms with van der Waals surface area (Å²) in [5.41, 5.74) is -2.78. The molecule has 7 heteroatoms. The van der Waals surface area contributed by atoms with Crippen molar-refractivity contribution in [2.24, 2.45) is 0 Å². The summed E-state index contributed by atoms with van der Waals surface area (Å²) in [5, 5.41) is 0. The Morgan fingerprint density at radius 2 is 1.71 bits per heavy atom. The van der Waals surface area contributed by atoms with E-state index < -0.39 is 29.6 Å². The van der Waals surface area contributed by atoms with E-state index in [2.05, 4.69) is 0 Å². The molecule has 0 aliphatic carbocycles. The molecule has 0 saturated heterocycles. The molecule has 0 heterocycles. The molecule has 1 aromatic rings. The number of carbonyl (C=O) groups is 1. The van der Waals surface area contributed by atoms with E-state index in [1.807, 2.05) is 0 Å². The Hall–Kier alpha value is -1.40. The zero-order valence-electron chi connectivity index (χ0n) is 6.61. The predicted octanol–water partition coefficient (Wildman–Crippen LogP) is 1.83. The van der Waals surface area contributed by atoms with Crippen molar-refractivity contribution in [3.63, 3.8) is 0 Å². The van der Waals surface area contributed by atoms with Crippen LogP contribution in [0.1, 0.15) is 10.4 Å². The van der Waals surface area contributed by atoms with Gasteiger partial charge in [0.05, 0.1) is 5.82 Å². The van der Waals surface area contributed by atoms with Gasteiger partial charge in [-0.1, -0.05) is 0 Å². The second-order valence-corrected chi connectivity index (χ2v) is 2.56. The molecule has 1 nitrogen and oxygen atoms in total. The number of hydrogen-bond acceptors (Lipinski definition) is 1. The molecular weight excluding hydrogens is 206 g/mol. The average Bonchev–Trinajstić information content (AvgIpc) is 2.02. The molecule has 0 aliphatic heterocycles. The Morgan fingerprint density at radius 1 is 1.14 bits per heavy atom. The zero-order valence-corrected chi connectivity index (χ0v) is 6.61. The van der Waals surface area contributed by atoms with Crippen LogP contribution >= 0.6 is 0 Å². The highest BCUT2D eigenvalue weighted by molar-refractivity contribution is 6.73. The third-order valence-corrected chi connectivity index (χ3v) is 1.61. The lowest BCUT2D eigenvalue weighted by Crippen LogP contribution is -2.40. The number of benzene rings is 1. The molecule has 0 aliphatic rings. The van der Waals surface area contributed by atoms with Crippen LogP contribution in [0.15, 0.2) is 12.1 Å². The van der Waals surface area contributed by atoms with Crippen molar-refractivity contribution in [2.45, 2.75) is 0 Å². The lowest BCUT2D eigenvalue weighted by molar-refractivity contribution is 0.112. The zero-order chi connectivity index (χ0) is 10.9. The van der Waals surface area contributed by atoms with Crippen molar-refractivity contribution >= 4 is 18.7 Å². The Bertz CT molecular complexity index is 373. The molecule has 1 rings (SSSR count). The van der Waals surface area contributed by atoms with E-state index in [0.717, 1.165) is 0 Å². The van der Waals surface area contributed by atoms with Crippen LogP contribution in [0.25, 0.3) is 0 Å². The van der Waals surface area contributed by atoms with Crippen LogP contribution in [-0.2, 0) is 0 Å². The molecule has 0 atom stereocenters. The molecule has 0 fully saturated rings.